The van der Waals surface area contributed by atoms with E-state index in [9.17, 15) is 8.42 Å². The third-order valence-corrected chi connectivity index (χ3v) is 3.09. The number of sulfonamides is 1. The summed E-state index contributed by atoms with van der Waals surface area (Å²) in [5.74, 6) is 0. The molecule has 0 unspecified atom stereocenters. The molecular formula is C11H17NO5S. The van der Waals surface area contributed by atoms with Crippen molar-refractivity contribution >= 4 is 16.2 Å². The molecule has 0 aliphatic heterocycles. The third-order valence-electron chi connectivity index (χ3n) is 2.08. The largest absolute Gasteiger partial charge is 0.503 e. The van der Waals surface area contributed by atoms with Crippen LogP contribution in [0.1, 0.15) is 25.3 Å². The Hall–Kier alpha value is -1.60. The van der Waals surface area contributed by atoms with Crippen LogP contribution in [-0.2, 0) is 16.4 Å². The van der Waals surface area contributed by atoms with Gasteiger partial charge in [0.2, 0.25) is 10.0 Å². The Morgan fingerprint density at radius 1 is 1.28 bits per heavy atom. The van der Waals surface area contributed by atoms with Crippen LogP contribution in [0.4, 0.5) is 4.79 Å². The van der Waals surface area contributed by atoms with E-state index in [1.807, 2.05) is 12.1 Å². The highest BCUT2D eigenvalue weighted by Gasteiger charge is 2.11. The maximum absolute atomic E-state index is 11.2. The van der Waals surface area contributed by atoms with Crippen LogP contribution in [-0.4, -0.2) is 24.8 Å². The van der Waals surface area contributed by atoms with E-state index < -0.39 is 16.2 Å². The van der Waals surface area contributed by atoms with E-state index in [0.717, 1.165) is 24.8 Å². The molecule has 4 N–H and O–H groups in total. The summed E-state index contributed by atoms with van der Waals surface area (Å²) < 4.78 is 22.4. The van der Waals surface area contributed by atoms with Crippen molar-refractivity contribution in [3.63, 3.8) is 0 Å². The zero-order valence-corrected chi connectivity index (χ0v) is 10.9. The predicted octanol–water partition coefficient (Wildman–Crippen LogP) is 1.90. The number of hydrogen-bond donors (Lipinski definition) is 3. The standard InChI is InChI=1S/C10H15NO2S.CH2O3/c1-2-3-6-9-7-4-5-8-10(9)14(11,12)13;2-1(3)4/h4-5,7-8H,2-3,6H2,1H3,(H2,11,12,13);(H2,2,3,4). The Balaban J connectivity index is 0.000000631. The first-order valence-electron chi connectivity index (χ1n) is 5.31. The zero-order chi connectivity index (χ0) is 14.2. The average molecular weight is 275 g/mol. The maximum atomic E-state index is 11.2. The molecule has 0 radical (unpaired) electrons. The lowest BCUT2D eigenvalue weighted by atomic mass is 10.1. The topological polar surface area (TPSA) is 118 Å². The summed E-state index contributed by atoms with van der Waals surface area (Å²) in [5.41, 5.74) is 0.817. The highest BCUT2D eigenvalue weighted by atomic mass is 32.2. The molecular weight excluding hydrogens is 258 g/mol. The van der Waals surface area contributed by atoms with E-state index in [1.54, 1.807) is 12.1 Å². The van der Waals surface area contributed by atoms with E-state index >= 15 is 0 Å². The molecule has 0 saturated carbocycles. The molecule has 102 valence electrons. The molecule has 0 heterocycles. The van der Waals surface area contributed by atoms with Crippen LogP contribution in [0.5, 0.6) is 0 Å². The summed E-state index contributed by atoms with van der Waals surface area (Å²) in [6, 6.07) is 6.89. The van der Waals surface area contributed by atoms with Gasteiger partial charge in [-0.1, -0.05) is 31.5 Å². The number of unbranched alkanes of at least 4 members (excludes halogenated alkanes) is 1. The SMILES string of the molecule is CCCCc1ccccc1S(N)(=O)=O.O=C(O)O. The Labute approximate surface area is 106 Å². The molecule has 6 nitrogen and oxygen atoms in total. The monoisotopic (exact) mass is 275 g/mol. The van der Waals surface area contributed by atoms with Crippen molar-refractivity contribution in [1.29, 1.82) is 0 Å². The summed E-state index contributed by atoms with van der Waals surface area (Å²) in [6.07, 6.45) is 0.953. The highest BCUT2D eigenvalue weighted by molar-refractivity contribution is 7.89. The first-order chi connectivity index (χ1) is 8.29. The maximum Gasteiger partial charge on any atom is 0.503 e. The van der Waals surface area contributed by atoms with Gasteiger partial charge in [-0.05, 0) is 24.5 Å². The van der Waals surface area contributed by atoms with Crippen molar-refractivity contribution in [3.05, 3.63) is 29.8 Å². The second-order valence-electron chi connectivity index (χ2n) is 3.54. The number of nitrogens with two attached hydrogens (primary N) is 1. The van der Waals surface area contributed by atoms with Gasteiger partial charge < -0.3 is 10.2 Å². The van der Waals surface area contributed by atoms with Crippen LogP contribution in [0.2, 0.25) is 0 Å². The molecule has 0 saturated heterocycles. The van der Waals surface area contributed by atoms with Crippen LogP contribution in [0.15, 0.2) is 29.2 Å². The van der Waals surface area contributed by atoms with Gasteiger partial charge in [0.15, 0.2) is 0 Å². The van der Waals surface area contributed by atoms with Crippen molar-refractivity contribution in [2.24, 2.45) is 5.14 Å². The average Bonchev–Trinajstić information content (AvgIpc) is 2.24. The minimum absolute atomic E-state index is 0.258. The normalized spacial score (nSPS) is 10.3. The van der Waals surface area contributed by atoms with Gasteiger partial charge in [-0.3, -0.25) is 0 Å². The lowest BCUT2D eigenvalue weighted by Crippen LogP contribution is -2.14. The van der Waals surface area contributed by atoms with E-state index in [2.05, 4.69) is 6.92 Å². The summed E-state index contributed by atoms with van der Waals surface area (Å²) >= 11 is 0. The molecule has 18 heavy (non-hydrogen) atoms. The molecule has 0 bridgehead atoms. The minimum atomic E-state index is -3.56. The van der Waals surface area contributed by atoms with Gasteiger partial charge in [0.1, 0.15) is 0 Å². The fraction of sp³-hybridized carbons (Fsp3) is 0.364. The summed E-state index contributed by atoms with van der Waals surface area (Å²) in [7, 11) is -3.56. The van der Waals surface area contributed by atoms with Gasteiger partial charge in [-0.2, -0.15) is 0 Å². The fourth-order valence-corrected chi connectivity index (χ4v) is 2.16. The molecule has 0 aliphatic carbocycles. The van der Waals surface area contributed by atoms with Crippen LogP contribution >= 0.6 is 0 Å². The minimum Gasteiger partial charge on any atom is -0.450 e. The van der Waals surface area contributed by atoms with E-state index in [-0.39, 0.29) is 4.90 Å². The van der Waals surface area contributed by atoms with Gasteiger partial charge in [0, 0.05) is 0 Å². The Kier molecular flexibility index (Phi) is 6.99. The van der Waals surface area contributed by atoms with Crippen molar-refractivity contribution in [2.75, 3.05) is 0 Å². The number of benzene rings is 1. The van der Waals surface area contributed by atoms with Crippen LogP contribution < -0.4 is 5.14 Å². The summed E-state index contributed by atoms with van der Waals surface area (Å²) in [6.45, 7) is 2.07. The molecule has 0 aromatic heterocycles. The second kappa shape index (κ2) is 7.67. The number of hydrogen-bond acceptors (Lipinski definition) is 3. The Bertz CT molecular complexity index is 480. The molecule has 1 rings (SSSR count). The quantitative estimate of drug-likeness (QED) is 0.775. The van der Waals surface area contributed by atoms with Gasteiger partial charge in [0.25, 0.3) is 0 Å². The second-order valence-corrected chi connectivity index (χ2v) is 5.07. The molecule has 0 atom stereocenters. The number of carboxylic acid groups (broad SMARTS) is 2. The van der Waals surface area contributed by atoms with E-state index in [0.29, 0.717) is 0 Å². The first kappa shape index (κ1) is 16.4. The first-order valence-corrected chi connectivity index (χ1v) is 6.86. The smallest absolute Gasteiger partial charge is 0.450 e. The van der Waals surface area contributed by atoms with Crippen molar-refractivity contribution in [1.82, 2.24) is 0 Å². The fourth-order valence-electron chi connectivity index (χ4n) is 1.36. The number of primary sulfonamides is 1. The van der Waals surface area contributed by atoms with E-state index in [1.165, 1.54) is 0 Å². The van der Waals surface area contributed by atoms with Gasteiger partial charge in [-0.25, -0.2) is 18.4 Å². The van der Waals surface area contributed by atoms with Gasteiger partial charge in [-0.15, -0.1) is 0 Å². The molecule has 7 heteroatoms. The molecule has 0 amide bonds. The van der Waals surface area contributed by atoms with Gasteiger partial charge >= 0.3 is 6.16 Å². The van der Waals surface area contributed by atoms with Crippen LogP contribution in [0.25, 0.3) is 0 Å². The third kappa shape index (κ3) is 6.87. The van der Waals surface area contributed by atoms with Crippen molar-refractivity contribution in [3.8, 4) is 0 Å². The predicted molar refractivity (Wildman–Crippen MR) is 67.1 cm³/mol. The molecule has 1 aromatic rings. The Morgan fingerprint density at radius 3 is 2.22 bits per heavy atom. The molecule has 0 fully saturated rings. The summed E-state index contributed by atoms with van der Waals surface area (Å²) in [4.78, 5) is 8.81. The van der Waals surface area contributed by atoms with Crippen molar-refractivity contribution < 1.29 is 23.4 Å². The number of carbonyl (C=O) groups is 1. The zero-order valence-electron chi connectivity index (χ0n) is 10.0. The van der Waals surface area contributed by atoms with Crippen molar-refractivity contribution in [2.45, 2.75) is 31.1 Å². The molecule has 0 aliphatic rings. The lowest BCUT2D eigenvalue weighted by Gasteiger charge is -2.05. The van der Waals surface area contributed by atoms with E-state index in [4.69, 9.17) is 20.1 Å². The number of rotatable bonds is 4. The lowest BCUT2D eigenvalue weighted by molar-refractivity contribution is 0.137. The molecule has 0 spiro atoms. The van der Waals surface area contributed by atoms with Crippen LogP contribution in [0, 0.1) is 0 Å². The summed E-state index contributed by atoms with van der Waals surface area (Å²) in [5, 5.41) is 19.0. The Morgan fingerprint density at radius 2 is 1.78 bits per heavy atom. The van der Waals surface area contributed by atoms with Crippen LogP contribution in [0.3, 0.4) is 0 Å². The van der Waals surface area contributed by atoms with Gasteiger partial charge in [0.05, 0.1) is 4.90 Å². The molecule has 1 aromatic carbocycles. The highest BCUT2D eigenvalue weighted by Crippen LogP contribution is 2.15. The number of aryl methyl sites for hydroxylation is 1.